The summed E-state index contributed by atoms with van der Waals surface area (Å²) in [4.78, 5) is 38.2. The quantitative estimate of drug-likeness (QED) is 0.803. The highest BCUT2D eigenvalue weighted by Gasteiger charge is 2.37. The normalized spacial score (nSPS) is 16.7. The molecule has 6 heteroatoms. The Kier molecular flexibility index (Phi) is 5.82. The minimum absolute atomic E-state index is 0.0330. The summed E-state index contributed by atoms with van der Waals surface area (Å²) in [5, 5.41) is 2.82. The first-order chi connectivity index (χ1) is 11.7. The van der Waals surface area contributed by atoms with Crippen LogP contribution < -0.4 is 15.0 Å². The maximum absolute atomic E-state index is 12.8. The number of fused-ring (bicyclic) bond motifs is 1. The highest BCUT2D eigenvalue weighted by atomic mass is 16.5. The van der Waals surface area contributed by atoms with Gasteiger partial charge in [0.25, 0.3) is 5.91 Å². The fraction of sp³-hybridized carbons (Fsp3) is 0.526. The lowest BCUT2D eigenvalue weighted by atomic mass is 10.0. The second-order valence-corrected chi connectivity index (χ2v) is 7.14. The van der Waals surface area contributed by atoms with Crippen molar-refractivity contribution < 1.29 is 19.1 Å². The van der Waals surface area contributed by atoms with Crippen LogP contribution in [-0.2, 0) is 9.59 Å². The molecule has 2 amide bonds. The predicted molar refractivity (Wildman–Crippen MR) is 95.9 cm³/mol. The molecule has 0 bridgehead atoms. The number of rotatable bonds is 6. The summed E-state index contributed by atoms with van der Waals surface area (Å²) in [7, 11) is 0. The standard InChI is InChI=1S/C19H26N2O4/c1-11(2)9-20-17(23)10-21-15-8-14(13(5)22)6-7-16(15)25-18(12(3)4)19(21)24/h6-8,11-12,18H,9-10H2,1-5H3,(H,20,23). The molecule has 0 saturated carbocycles. The summed E-state index contributed by atoms with van der Waals surface area (Å²) in [5.41, 5.74) is 0.944. The van der Waals surface area contributed by atoms with Gasteiger partial charge in [0.1, 0.15) is 12.3 Å². The summed E-state index contributed by atoms with van der Waals surface area (Å²) in [6, 6.07) is 4.97. The molecule has 1 heterocycles. The number of nitrogens with one attached hydrogen (secondary N) is 1. The van der Waals surface area contributed by atoms with Crippen LogP contribution in [0, 0.1) is 11.8 Å². The molecular weight excluding hydrogens is 320 g/mol. The molecule has 0 radical (unpaired) electrons. The fourth-order valence-electron chi connectivity index (χ4n) is 2.61. The largest absolute Gasteiger partial charge is 0.478 e. The second kappa shape index (κ2) is 7.68. The second-order valence-electron chi connectivity index (χ2n) is 7.14. The van der Waals surface area contributed by atoms with Gasteiger partial charge in [0.05, 0.1) is 5.69 Å². The highest BCUT2D eigenvalue weighted by Crippen LogP contribution is 2.36. The van der Waals surface area contributed by atoms with Crippen LogP contribution in [0.15, 0.2) is 18.2 Å². The third-order valence-electron chi connectivity index (χ3n) is 4.03. The van der Waals surface area contributed by atoms with Gasteiger partial charge in [-0.05, 0) is 37.0 Å². The molecule has 6 nitrogen and oxygen atoms in total. The first-order valence-electron chi connectivity index (χ1n) is 8.60. The van der Waals surface area contributed by atoms with Crippen molar-refractivity contribution in [2.75, 3.05) is 18.0 Å². The molecule has 2 rings (SSSR count). The predicted octanol–water partition coefficient (Wildman–Crippen LogP) is 2.41. The third kappa shape index (κ3) is 4.38. The van der Waals surface area contributed by atoms with Crippen LogP contribution in [0.2, 0.25) is 0 Å². The molecule has 0 aliphatic carbocycles. The van der Waals surface area contributed by atoms with Crippen molar-refractivity contribution in [2.45, 2.75) is 40.7 Å². The number of nitrogens with zero attached hydrogens (tertiary/aromatic N) is 1. The number of amides is 2. The van der Waals surface area contributed by atoms with Crippen molar-refractivity contribution in [3.8, 4) is 5.75 Å². The average molecular weight is 346 g/mol. The number of hydrogen-bond donors (Lipinski definition) is 1. The van der Waals surface area contributed by atoms with E-state index < -0.39 is 6.10 Å². The van der Waals surface area contributed by atoms with Crippen LogP contribution in [-0.4, -0.2) is 36.8 Å². The molecular formula is C19H26N2O4. The molecule has 0 aromatic heterocycles. The molecule has 1 aromatic rings. The Labute approximate surface area is 148 Å². The molecule has 0 saturated heterocycles. The van der Waals surface area contributed by atoms with E-state index in [1.54, 1.807) is 18.2 Å². The van der Waals surface area contributed by atoms with Gasteiger partial charge in [-0.2, -0.15) is 0 Å². The maximum atomic E-state index is 12.8. The van der Waals surface area contributed by atoms with E-state index in [1.165, 1.54) is 11.8 Å². The lowest BCUT2D eigenvalue weighted by Gasteiger charge is -2.35. The summed E-state index contributed by atoms with van der Waals surface area (Å²) in [6.45, 7) is 9.72. The molecule has 136 valence electrons. The number of anilines is 1. The zero-order chi connectivity index (χ0) is 18.7. The van der Waals surface area contributed by atoms with Gasteiger partial charge < -0.3 is 10.1 Å². The lowest BCUT2D eigenvalue weighted by molar-refractivity contribution is -0.130. The topological polar surface area (TPSA) is 75.7 Å². The Hall–Kier alpha value is -2.37. The van der Waals surface area contributed by atoms with E-state index in [1.807, 2.05) is 27.7 Å². The van der Waals surface area contributed by atoms with E-state index >= 15 is 0 Å². The molecule has 25 heavy (non-hydrogen) atoms. The number of ketones is 1. The number of benzene rings is 1. The summed E-state index contributed by atoms with van der Waals surface area (Å²) < 4.78 is 5.82. The maximum Gasteiger partial charge on any atom is 0.268 e. The Morgan fingerprint density at radius 1 is 1.24 bits per heavy atom. The Morgan fingerprint density at radius 3 is 2.48 bits per heavy atom. The molecule has 1 aliphatic heterocycles. The van der Waals surface area contributed by atoms with Crippen molar-refractivity contribution >= 4 is 23.3 Å². The van der Waals surface area contributed by atoms with Gasteiger partial charge in [-0.25, -0.2) is 0 Å². The van der Waals surface area contributed by atoms with Gasteiger partial charge >= 0.3 is 0 Å². The molecule has 0 fully saturated rings. The van der Waals surface area contributed by atoms with Gasteiger partial charge in [0.2, 0.25) is 5.91 Å². The van der Waals surface area contributed by atoms with Crippen molar-refractivity contribution in [1.29, 1.82) is 0 Å². The number of carbonyl (C=O) groups is 3. The number of carbonyl (C=O) groups excluding carboxylic acids is 3. The zero-order valence-corrected chi connectivity index (χ0v) is 15.5. The van der Waals surface area contributed by atoms with Crippen molar-refractivity contribution in [1.82, 2.24) is 5.32 Å². The van der Waals surface area contributed by atoms with E-state index in [2.05, 4.69) is 5.32 Å². The lowest BCUT2D eigenvalue weighted by Crippen LogP contribution is -2.51. The fourth-order valence-corrected chi connectivity index (χ4v) is 2.61. The first-order valence-corrected chi connectivity index (χ1v) is 8.60. The molecule has 1 unspecified atom stereocenters. The molecule has 1 aliphatic rings. The first kappa shape index (κ1) is 19.0. The van der Waals surface area contributed by atoms with E-state index in [0.29, 0.717) is 29.5 Å². The van der Waals surface area contributed by atoms with Gasteiger partial charge in [0, 0.05) is 12.1 Å². The average Bonchev–Trinajstić information content (AvgIpc) is 2.54. The van der Waals surface area contributed by atoms with Gasteiger partial charge in [-0.15, -0.1) is 0 Å². The highest BCUT2D eigenvalue weighted by molar-refractivity contribution is 6.05. The zero-order valence-electron chi connectivity index (χ0n) is 15.5. The van der Waals surface area contributed by atoms with Crippen LogP contribution in [0.4, 0.5) is 5.69 Å². The summed E-state index contributed by atoms with van der Waals surface area (Å²) in [6.07, 6.45) is -0.645. The minimum Gasteiger partial charge on any atom is -0.478 e. The minimum atomic E-state index is -0.645. The Morgan fingerprint density at radius 2 is 1.92 bits per heavy atom. The Balaban J connectivity index is 2.34. The SMILES string of the molecule is CC(=O)c1ccc2c(c1)N(CC(=O)NCC(C)C)C(=O)C(C(C)C)O2. The van der Waals surface area contributed by atoms with Gasteiger partial charge in [-0.1, -0.05) is 27.7 Å². The monoisotopic (exact) mass is 346 g/mol. The molecule has 0 spiro atoms. The van der Waals surface area contributed by atoms with Crippen LogP contribution in [0.5, 0.6) is 5.75 Å². The summed E-state index contributed by atoms with van der Waals surface area (Å²) >= 11 is 0. The van der Waals surface area contributed by atoms with Crippen molar-refractivity contribution in [3.05, 3.63) is 23.8 Å². The molecule has 1 atom stereocenters. The number of hydrogen-bond acceptors (Lipinski definition) is 4. The van der Waals surface area contributed by atoms with E-state index in [4.69, 9.17) is 4.74 Å². The van der Waals surface area contributed by atoms with Crippen LogP contribution in [0.25, 0.3) is 0 Å². The van der Waals surface area contributed by atoms with E-state index in [0.717, 1.165) is 0 Å². The van der Waals surface area contributed by atoms with Crippen LogP contribution in [0.1, 0.15) is 45.0 Å². The van der Waals surface area contributed by atoms with E-state index in [9.17, 15) is 14.4 Å². The molecule has 1 aromatic carbocycles. The third-order valence-corrected chi connectivity index (χ3v) is 4.03. The Bertz CT molecular complexity index is 682. The van der Waals surface area contributed by atoms with E-state index in [-0.39, 0.29) is 30.1 Å². The molecule has 1 N–H and O–H groups in total. The van der Waals surface area contributed by atoms with Crippen molar-refractivity contribution in [3.63, 3.8) is 0 Å². The van der Waals surface area contributed by atoms with Gasteiger partial charge in [0.15, 0.2) is 11.9 Å². The summed E-state index contributed by atoms with van der Waals surface area (Å²) in [5.74, 6) is 0.206. The van der Waals surface area contributed by atoms with Crippen molar-refractivity contribution in [2.24, 2.45) is 11.8 Å². The smallest absolute Gasteiger partial charge is 0.268 e. The van der Waals surface area contributed by atoms with Gasteiger partial charge in [-0.3, -0.25) is 19.3 Å². The van der Waals surface area contributed by atoms with Crippen LogP contribution >= 0.6 is 0 Å². The number of ether oxygens (including phenoxy) is 1. The number of Topliss-reactive ketones (excluding diaryl/α,β-unsaturated/α-hetero) is 1. The van der Waals surface area contributed by atoms with Crippen LogP contribution in [0.3, 0.4) is 0 Å².